The summed E-state index contributed by atoms with van der Waals surface area (Å²) in [5, 5.41) is 11.4. The van der Waals surface area contributed by atoms with Gasteiger partial charge in [0.2, 0.25) is 0 Å². The Morgan fingerprint density at radius 3 is 2.19 bits per heavy atom. The highest BCUT2D eigenvalue weighted by Crippen LogP contribution is 2.30. The average molecular weight is 440 g/mol. The first-order valence-electron chi connectivity index (χ1n) is 9.38. The van der Waals surface area contributed by atoms with Gasteiger partial charge in [0.25, 0.3) is 21.6 Å². The number of para-hydroxylation sites is 1. The van der Waals surface area contributed by atoms with E-state index in [9.17, 15) is 23.3 Å². The van der Waals surface area contributed by atoms with Gasteiger partial charge in [0, 0.05) is 6.07 Å². The van der Waals surface area contributed by atoms with Crippen molar-refractivity contribution in [3.8, 4) is 5.75 Å². The van der Waals surface area contributed by atoms with Gasteiger partial charge in [-0.1, -0.05) is 29.8 Å². The summed E-state index contributed by atoms with van der Waals surface area (Å²) in [6.07, 6.45) is 0. The fraction of sp³-hybridized carbons (Fsp3) is 0.136. The summed E-state index contributed by atoms with van der Waals surface area (Å²) in [6, 6.07) is 17.1. The maximum absolute atomic E-state index is 13.5. The number of ether oxygens (including phenoxy) is 1. The van der Waals surface area contributed by atoms with E-state index in [0.29, 0.717) is 16.7 Å². The van der Waals surface area contributed by atoms with Crippen LogP contribution in [0, 0.1) is 17.0 Å². The maximum Gasteiger partial charge on any atom is 0.282 e. The van der Waals surface area contributed by atoms with Gasteiger partial charge < -0.3 is 4.74 Å². The summed E-state index contributed by atoms with van der Waals surface area (Å²) in [5.74, 6) is -0.533. The van der Waals surface area contributed by atoms with Crippen LogP contribution < -0.4 is 9.04 Å². The third-order valence-corrected chi connectivity index (χ3v) is 6.18. The molecule has 0 aliphatic carbocycles. The molecule has 31 heavy (non-hydrogen) atoms. The molecular weight excluding hydrogens is 420 g/mol. The van der Waals surface area contributed by atoms with Crippen LogP contribution in [0.25, 0.3) is 0 Å². The van der Waals surface area contributed by atoms with E-state index in [0.717, 1.165) is 11.6 Å². The lowest BCUT2D eigenvalue weighted by Gasteiger charge is -2.23. The number of carbonyl (C=O) groups excluding carboxylic acids is 1. The molecule has 3 aromatic rings. The zero-order valence-electron chi connectivity index (χ0n) is 16.9. The van der Waals surface area contributed by atoms with Crippen molar-refractivity contribution in [1.82, 2.24) is 0 Å². The lowest BCUT2D eigenvalue weighted by atomic mass is 10.1. The molecule has 0 bridgehead atoms. The van der Waals surface area contributed by atoms with Gasteiger partial charge >= 0.3 is 0 Å². The Bertz CT molecular complexity index is 1210. The number of anilines is 1. The highest BCUT2D eigenvalue weighted by molar-refractivity contribution is 7.93. The van der Waals surface area contributed by atoms with Crippen molar-refractivity contribution < 1.29 is 22.9 Å². The fourth-order valence-electron chi connectivity index (χ4n) is 2.95. The topological polar surface area (TPSA) is 107 Å². The zero-order chi connectivity index (χ0) is 22.6. The fourth-order valence-corrected chi connectivity index (χ4v) is 4.36. The lowest BCUT2D eigenvalue weighted by Crippen LogP contribution is -2.37. The van der Waals surface area contributed by atoms with Crippen LogP contribution in [0.5, 0.6) is 5.75 Å². The predicted molar refractivity (Wildman–Crippen MR) is 116 cm³/mol. The molecule has 0 aromatic heterocycles. The summed E-state index contributed by atoms with van der Waals surface area (Å²) in [5.41, 5.74) is 0.0587. The number of rotatable bonds is 7. The number of hydrogen-bond donors (Lipinski definition) is 0. The van der Waals surface area contributed by atoms with Crippen molar-refractivity contribution in [2.45, 2.75) is 18.7 Å². The number of nitro groups is 1. The Kier molecular flexibility index (Phi) is 6.36. The summed E-state index contributed by atoms with van der Waals surface area (Å²) in [4.78, 5) is 24.0. The minimum Gasteiger partial charge on any atom is -0.494 e. The van der Waals surface area contributed by atoms with Crippen LogP contribution in [0.15, 0.2) is 77.7 Å². The maximum atomic E-state index is 13.5. The Labute approximate surface area is 179 Å². The summed E-state index contributed by atoms with van der Waals surface area (Å²) in [7, 11) is -4.37. The molecule has 0 fully saturated rings. The van der Waals surface area contributed by atoms with Crippen LogP contribution in [-0.4, -0.2) is 25.9 Å². The molecular formula is C22H20N2O6S. The molecule has 0 heterocycles. The summed E-state index contributed by atoms with van der Waals surface area (Å²) in [6.45, 7) is 4.03. The molecule has 160 valence electrons. The van der Waals surface area contributed by atoms with E-state index in [1.165, 1.54) is 54.6 Å². The highest BCUT2D eigenvalue weighted by atomic mass is 32.2. The van der Waals surface area contributed by atoms with Gasteiger partial charge in [0.1, 0.15) is 11.3 Å². The number of hydrogen-bond acceptors (Lipinski definition) is 6. The van der Waals surface area contributed by atoms with E-state index >= 15 is 0 Å². The van der Waals surface area contributed by atoms with Crippen LogP contribution >= 0.6 is 0 Å². The molecule has 0 saturated heterocycles. The number of amides is 1. The molecule has 1 amide bonds. The third-order valence-electron chi connectivity index (χ3n) is 4.46. The Balaban J connectivity index is 2.18. The molecule has 0 radical (unpaired) electrons. The van der Waals surface area contributed by atoms with E-state index in [4.69, 9.17) is 4.74 Å². The van der Waals surface area contributed by atoms with Crippen LogP contribution in [0.2, 0.25) is 0 Å². The van der Waals surface area contributed by atoms with Crippen LogP contribution in [0.3, 0.4) is 0 Å². The van der Waals surface area contributed by atoms with Crippen LogP contribution in [0.1, 0.15) is 22.8 Å². The first-order chi connectivity index (χ1) is 14.8. The molecule has 0 atom stereocenters. The molecule has 0 saturated carbocycles. The lowest BCUT2D eigenvalue weighted by molar-refractivity contribution is -0.385. The quantitative estimate of drug-likeness (QED) is 0.400. The van der Waals surface area contributed by atoms with E-state index in [1.807, 2.05) is 0 Å². The number of nitro benzene ring substituents is 1. The first kappa shape index (κ1) is 22.0. The largest absolute Gasteiger partial charge is 0.494 e. The van der Waals surface area contributed by atoms with Gasteiger partial charge in [-0.25, -0.2) is 8.42 Å². The second kappa shape index (κ2) is 8.97. The van der Waals surface area contributed by atoms with Crippen molar-refractivity contribution in [3.63, 3.8) is 0 Å². The van der Waals surface area contributed by atoms with E-state index in [-0.39, 0.29) is 16.1 Å². The van der Waals surface area contributed by atoms with Gasteiger partial charge in [-0.3, -0.25) is 14.9 Å². The number of carbonyl (C=O) groups is 1. The third kappa shape index (κ3) is 4.56. The van der Waals surface area contributed by atoms with Crippen molar-refractivity contribution in [2.75, 3.05) is 10.9 Å². The smallest absolute Gasteiger partial charge is 0.282 e. The molecule has 0 unspecified atom stereocenters. The highest BCUT2D eigenvalue weighted by Gasteiger charge is 2.35. The Hall–Kier alpha value is -3.72. The number of sulfonamides is 1. The molecule has 0 aliphatic heterocycles. The Morgan fingerprint density at radius 1 is 1.00 bits per heavy atom. The molecule has 0 N–H and O–H groups in total. The molecule has 9 heteroatoms. The van der Waals surface area contributed by atoms with Gasteiger partial charge in [-0.2, -0.15) is 4.31 Å². The standard InChI is InChI=1S/C22H20N2O6S/c1-3-30-18-12-10-17(11-13-18)23(31(28,29)19-14-8-16(2)9-15-19)22(25)20-6-4-5-7-21(20)24(26)27/h4-15H,3H2,1-2H3. The summed E-state index contributed by atoms with van der Waals surface area (Å²) >= 11 is 0. The second-order valence-corrected chi connectivity index (χ2v) is 8.38. The van der Waals surface area contributed by atoms with Crippen LogP contribution in [0.4, 0.5) is 11.4 Å². The van der Waals surface area contributed by atoms with Crippen molar-refractivity contribution >= 4 is 27.3 Å². The van der Waals surface area contributed by atoms with Crippen molar-refractivity contribution in [3.05, 3.63) is 94.0 Å². The summed E-state index contributed by atoms with van der Waals surface area (Å²) < 4.78 is 32.9. The average Bonchev–Trinajstić information content (AvgIpc) is 2.75. The normalized spacial score (nSPS) is 11.0. The monoisotopic (exact) mass is 440 g/mol. The molecule has 3 aromatic carbocycles. The van der Waals surface area contributed by atoms with E-state index < -0.39 is 26.5 Å². The van der Waals surface area contributed by atoms with Gasteiger partial charge in [0.15, 0.2) is 0 Å². The number of aryl methyl sites for hydroxylation is 1. The van der Waals surface area contributed by atoms with Gasteiger partial charge in [0.05, 0.1) is 22.1 Å². The first-order valence-corrected chi connectivity index (χ1v) is 10.8. The Morgan fingerprint density at radius 2 is 1.61 bits per heavy atom. The molecule has 3 rings (SSSR count). The number of nitrogens with zero attached hydrogens (tertiary/aromatic N) is 2. The van der Waals surface area contributed by atoms with Crippen molar-refractivity contribution in [1.29, 1.82) is 0 Å². The van der Waals surface area contributed by atoms with Crippen LogP contribution in [-0.2, 0) is 10.0 Å². The molecule has 0 aliphatic rings. The van der Waals surface area contributed by atoms with E-state index in [1.54, 1.807) is 26.0 Å². The molecule has 0 spiro atoms. The van der Waals surface area contributed by atoms with Gasteiger partial charge in [-0.15, -0.1) is 0 Å². The SMILES string of the molecule is CCOc1ccc(N(C(=O)c2ccccc2[N+](=O)[O-])S(=O)(=O)c2ccc(C)cc2)cc1. The minimum atomic E-state index is -4.37. The molecule has 8 nitrogen and oxygen atoms in total. The van der Waals surface area contributed by atoms with E-state index in [2.05, 4.69) is 0 Å². The zero-order valence-corrected chi connectivity index (χ0v) is 17.7. The van der Waals surface area contributed by atoms with Crippen molar-refractivity contribution in [2.24, 2.45) is 0 Å². The minimum absolute atomic E-state index is 0.0344. The second-order valence-electron chi connectivity index (χ2n) is 6.59. The number of benzene rings is 3. The predicted octanol–water partition coefficient (Wildman–Crippen LogP) is 4.34. The van der Waals surface area contributed by atoms with Gasteiger partial charge in [-0.05, 0) is 56.3 Å².